The third kappa shape index (κ3) is 2.88. The Hall–Kier alpha value is -2.01. The Morgan fingerprint density at radius 3 is 2.52 bits per heavy atom. The lowest BCUT2D eigenvalue weighted by molar-refractivity contribution is 0.211. The summed E-state index contributed by atoms with van der Waals surface area (Å²) in [5.41, 5.74) is 0.0514. The van der Waals surface area contributed by atoms with Gasteiger partial charge >= 0.3 is 0 Å². The molecule has 1 aliphatic carbocycles. The van der Waals surface area contributed by atoms with Crippen LogP contribution >= 0.6 is 0 Å². The Kier molecular flexibility index (Phi) is 3.59. The van der Waals surface area contributed by atoms with Crippen LogP contribution in [0.3, 0.4) is 0 Å². The van der Waals surface area contributed by atoms with Crippen molar-refractivity contribution in [2.75, 3.05) is 0 Å². The molecule has 1 atom stereocenters. The fraction of sp³-hybridized carbons (Fsp3) is 0.250. The van der Waals surface area contributed by atoms with Gasteiger partial charge in [-0.05, 0) is 36.6 Å². The van der Waals surface area contributed by atoms with Crippen LogP contribution < -0.4 is 4.74 Å². The average molecular weight is 294 g/mol. The van der Waals surface area contributed by atoms with E-state index in [2.05, 4.69) is 0 Å². The molecule has 1 N–H and O–H groups in total. The van der Waals surface area contributed by atoms with Gasteiger partial charge in [0, 0.05) is 5.56 Å². The molecule has 0 radical (unpaired) electrons. The van der Waals surface area contributed by atoms with Crippen LogP contribution in [0.1, 0.15) is 30.1 Å². The minimum absolute atomic E-state index is 0.192. The van der Waals surface area contributed by atoms with Gasteiger partial charge in [-0.15, -0.1) is 0 Å². The van der Waals surface area contributed by atoms with Crippen molar-refractivity contribution in [3.63, 3.8) is 0 Å². The highest BCUT2D eigenvalue weighted by Crippen LogP contribution is 2.31. The molecular weight excluding hydrogens is 281 g/mol. The summed E-state index contributed by atoms with van der Waals surface area (Å²) in [6, 6.07) is 8.37. The second kappa shape index (κ2) is 5.41. The zero-order chi connectivity index (χ0) is 15.0. The van der Waals surface area contributed by atoms with Gasteiger partial charge in [0.05, 0.1) is 6.10 Å². The number of hydrogen-bond donors (Lipinski definition) is 1. The molecule has 3 rings (SSSR count). The van der Waals surface area contributed by atoms with Gasteiger partial charge in [0.1, 0.15) is 11.9 Å². The molecule has 5 heteroatoms. The second-order valence-electron chi connectivity index (χ2n) is 5.06. The van der Waals surface area contributed by atoms with Crippen LogP contribution in [0.4, 0.5) is 13.2 Å². The van der Waals surface area contributed by atoms with Crippen LogP contribution in [-0.4, -0.2) is 11.2 Å². The molecule has 0 spiro atoms. The predicted molar refractivity (Wildman–Crippen MR) is 70.5 cm³/mol. The second-order valence-corrected chi connectivity index (χ2v) is 5.06. The third-order valence-electron chi connectivity index (χ3n) is 3.36. The van der Waals surface area contributed by atoms with Crippen LogP contribution in [0.5, 0.6) is 5.75 Å². The fourth-order valence-electron chi connectivity index (χ4n) is 2.07. The standard InChI is InChI=1S/C16H13F3O2/c17-13-7-6-12(14(18)15(13)19)16(20)9-2-1-3-11(8-9)21-10-4-5-10/h1-3,6-8,10,16,20H,4-5H2. The van der Waals surface area contributed by atoms with E-state index in [1.54, 1.807) is 24.3 Å². The van der Waals surface area contributed by atoms with Crippen LogP contribution in [-0.2, 0) is 0 Å². The van der Waals surface area contributed by atoms with Crippen molar-refractivity contribution in [1.29, 1.82) is 0 Å². The molecule has 21 heavy (non-hydrogen) atoms. The molecule has 2 aromatic carbocycles. The summed E-state index contributed by atoms with van der Waals surface area (Å²) in [5, 5.41) is 10.2. The number of hydrogen-bond acceptors (Lipinski definition) is 2. The highest BCUT2D eigenvalue weighted by atomic mass is 19.2. The Morgan fingerprint density at radius 2 is 1.81 bits per heavy atom. The van der Waals surface area contributed by atoms with Gasteiger partial charge < -0.3 is 9.84 Å². The summed E-state index contributed by atoms with van der Waals surface area (Å²) in [4.78, 5) is 0. The van der Waals surface area contributed by atoms with E-state index in [1.165, 1.54) is 0 Å². The molecule has 0 bridgehead atoms. The smallest absolute Gasteiger partial charge is 0.194 e. The number of ether oxygens (including phenoxy) is 1. The summed E-state index contributed by atoms with van der Waals surface area (Å²) >= 11 is 0. The van der Waals surface area contributed by atoms with Gasteiger partial charge in [-0.1, -0.05) is 18.2 Å². The minimum atomic E-state index is -1.59. The highest BCUT2D eigenvalue weighted by molar-refractivity contribution is 5.36. The molecule has 0 aliphatic heterocycles. The first kappa shape index (κ1) is 13.9. The molecular formula is C16H13F3O2. The molecule has 0 heterocycles. The van der Waals surface area contributed by atoms with Crippen LogP contribution in [0.25, 0.3) is 0 Å². The molecule has 1 saturated carbocycles. The topological polar surface area (TPSA) is 29.5 Å². The lowest BCUT2D eigenvalue weighted by atomic mass is 10.0. The van der Waals surface area contributed by atoms with Crippen molar-refractivity contribution in [1.82, 2.24) is 0 Å². The molecule has 2 nitrogen and oxygen atoms in total. The Balaban J connectivity index is 1.90. The number of aliphatic hydroxyl groups excluding tert-OH is 1. The average Bonchev–Trinajstić information content (AvgIpc) is 3.29. The quantitative estimate of drug-likeness (QED) is 0.871. The van der Waals surface area contributed by atoms with Crippen molar-refractivity contribution in [3.05, 3.63) is 65.0 Å². The van der Waals surface area contributed by atoms with Gasteiger partial charge in [-0.2, -0.15) is 0 Å². The molecule has 1 unspecified atom stereocenters. The first-order valence-corrected chi connectivity index (χ1v) is 6.64. The van der Waals surface area contributed by atoms with Crippen molar-refractivity contribution in [2.45, 2.75) is 25.0 Å². The van der Waals surface area contributed by atoms with Gasteiger partial charge in [0.2, 0.25) is 0 Å². The van der Waals surface area contributed by atoms with Crippen molar-refractivity contribution in [3.8, 4) is 5.75 Å². The summed E-state index contributed by atoms with van der Waals surface area (Å²) in [6.07, 6.45) is 0.787. The van der Waals surface area contributed by atoms with E-state index >= 15 is 0 Å². The number of benzene rings is 2. The van der Waals surface area contributed by atoms with Crippen molar-refractivity contribution >= 4 is 0 Å². The first-order valence-electron chi connectivity index (χ1n) is 6.64. The van der Waals surface area contributed by atoms with Gasteiger partial charge in [0.15, 0.2) is 17.5 Å². The number of aliphatic hydroxyl groups is 1. The van der Waals surface area contributed by atoms with Crippen molar-refractivity contribution < 1.29 is 23.0 Å². The molecule has 2 aromatic rings. The summed E-state index contributed by atoms with van der Waals surface area (Å²) < 4.78 is 45.5. The van der Waals surface area contributed by atoms with E-state index in [-0.39, 0.29) is 11.7 Å². The zero-order valence-electron chi connectivity index (χ0n) is 11.0. The fourth-order valence-corrected chi connectivity index (χ4v) is 2.07. The summed E-state index contributed by atoms with van der Waals surface area (Å²) in [7, 11) is 0. The van der Waals surface area contributed by atoms with Gasteiger partial charge in [-0.25, -0.2) is 13.2 Å². The number of halogens is 3. The summed E-state index contributed by atoms with van der Waals surface area (Å²) in [5.74, 6) is -3.68. The van der Waals surface area contributed by atoms with E-state index in [0.717, 1.165) is 25.0 Å². The third-order valence-corrected chi connectivity index (χ3v) is 3.36. The van der Waals surface area contributed by atoms with Crippen LogP contribution in [0.2, 0.25) is 0 Å². The first-order chi connectivity index (χ1) is 10.1. The molecule has 1 fully saturated rings. The Labute approximate surface area is 119 Å². The molecule has 0 amide bonds. The van der Waals surface area contributed by atoms with E-state index in [0.29, 0.717) is 11.3 Å². The SMILES string of the molecule is OC(c1cccc(OC2CC2)c1)c1ccc(F)c(F)c1F. The molecule has 0 saturated heterocycles. The largest absolute Gasteiger partial charge is 0.490 e. The predicted octanol–water partition coefficient (Wildman–Crippen LogP) is 3.73. The lowest BCUT2D eigenvalue weighted by Gasteiger charge is -2.14. The van der Waals surface area contributed by atoms with Gasteiger partial charge in [0.25, 0.3) is 0 Å². The minimum Gasteiger partial charge on any atom is -0.490 e. The Morgan fingerprint density at radius 1 is 1.05 bits per heavy atom. The van der Waals surface area contributed by atoms with Crippen molar-refractivity contribution in [2.24, 2.45) is 0 Å². The molecule has 1 aliphatic rings. The highest BCUT2D eigenvalue weighted by Gasteiger charge is 2.24. The maximum absolute atomic E-state index is 13.7. The Bertz CT molecular complexity index is 669. The normalized spacial score (nSPS) is 15.8. The van der Waals surface area contributed by atoms with E-state index < -0.39 is 23.6 Å². The lowest BCUT2D eigenvalue weighted by Crippen LogP contribution is -2.06. The van der Waals surface area contributed by atoms with Gasteiger partial charge in [-0.3, -0.25) is 0 Å². The molecule has 110 valence electrons. The maximum Gasteiger partial charge on any atom is 0.194 e. The van der Waals surface area contributed by atoms with Crippen LogP contribution in [0, 0.1) is 17.5 Å². The maximum atomic E-state index is 13.7. The number of rotatable bonds is 4. The van der Waals surface area contributed by atoms with E-state index in [9.17, 15) is 18.3 Å². The van der Waals surface area contributed by atoms with E-state index in [4.69, 9.17) is 4.74 Å². The van der Waals surface area contributed by atoms with Crippen LogP contribution in [0.15, 0.2) is 36.4 Å². The zero-order valence-corrected chi connectivity index (χ0v) is 11.0. The monoisotopic (exact) mass is 294 g/mol. The van der Waals surface area contributed by atoms with E-state index in [1.807, 2.05) is 0 Å². The molecule has 0 aromatic heterocycles. The summed E-state index contributed by atoms with van der Waals surface area (Å²) in [6.45, 7) is 0.